The number of hydrogen-bond donors (Lipinski definition) is 5. The van der Waals surface area contributed by atoms with Crippen molar-refractivity contribution in [1.82, 2.24) is 14.6 Å². The molecule has 1 aromatic heterocycles. The maximum absolute atomic E-state index is 13.6. The molecule has 2 rings (SSSR count). The van der Waals surface area contributed by atoms with Gasteiger partial charge < -0.3 is 24.6 Å². The van der Waals surface area contributed by atoms with Gasteiger partial charge in [0.1, 0.15) is 17.4 Å². The Bertz CT molecular complexity index is 1230. The number of esters is 1. The van der Waals surface area contributed by atoms with Crippen LogP contribution in [0.25, 0.3) is 0 Å². The lowest BCUT2D eigenvalue weighted by Gasteiger charge is -2.34. The fourth-order valence-electron chi connectivity index (χ4n) is 3.06. The van der Waals surface area contributed by atoms with Crippen LogP contribution < -0.4 is 15.2 Å². The molecule has 0 bridgehead atoms. The van der Waals surface area contributed by atoms with Crippen molar-refractivity contribution in [2.75, 3.05) is 13.2 Å². The summed E-state index contributed by atoms with van der Waals surface area (Å²) in [6.07, 6.45) is -2.45. The predicted molar refractivity (Wildman–Crippen MR) is 142 cm³/mol. The van der Waals surface area contributed by atoms with Crippen LogP contribution in [0, 0.1) is 10.2 Å². The highest BCUT2D eigenvalue weighted by molar-refractivity contribution is 7.71. The van der Waals surface area contributed by atoms with Gasteiger partial charge in [-0.2, -0.15) is 5.09 Å². The van der Waals surface area contributed by atoms with Crippen molar-refractivity contribution < 1.29 is 38.5 Å². The molecule has 0 aliphatic carbocycles. The van der Waals surface area contributed by atoms with E-state index < -0.39 is 49.9 Å². The Morgan fingerprint density at radius 3 is 2.39 bits per heavy atom. The molecule has 0 fully saturated rings. The molecule has 0 saturated heterocycles. The zero-order valence-electron chi connectivity index (χ0n) is 22.0. The quantitative estimate of drug-likeness (QED) is 0.135. The summed E-state index contributed by atoms with van der Waals surface area (Å²) >= 11 is 5.00. The molecular formula is C24H36N3O9PS. The summed E-state index contributed by atoms with van der Waals surface area (Å²) in [4.78, 5) is 26.1. The first kappa shape index (κ1) is 31.8. The van der Waals surface area contributed by atoms with Crippen molar-refractivity contribution in [2.24, 2.45) is 5.41 Å². The summed E-state index contributed by atoms with van der Waals surface area (Å²) < 4.78 is 30.7. The smallest absolute Gasteiger partial charge is 0.459 e. The van der Waals surface area contributed by atoms with Gasteiger partial charge in [0.15, 0.2) is 11.0 Å². The molecule has 1 aromatic carbocycles. The fourth-order valence-corrected chi connectivity index (χ4v) is 4.83. The van der Waals surface area contributed by atoms with E-state index in [0.29, 0.717) is 0 Å². The zero-order valence-corrected chi connectivity index (χ0v) is 23.7. The molecule has 0 aliphatic heterocycles. The van der Waals surface area contributed by atoms with E-state index in [-0.39, 0.29) is 29.0 Å². The summed E-state index contributed by atoms with van der Waals surface area (Å²) in [5.74, 6) is -0.460. The van der Waals surface area contributed by atoms with Gasteiger partial charge in [-0.05, 0) is 43.6 Å². The number of ether oxygens (including phenoxy) is 1. The third-order valence-electron chi connectivity index (χ3n) is 5.29. The topological polar surface area (TPSA) is 172 Å². The summed E-state index contributed by atoms with van der Waals surface area (Å²) in [6, 6.07) is 8.17. The van der Waals surface area contributed by atoms with Crippen molar-refractivity contribution in [3.05, 3.63) is 57.7 Å². The minimum absolute atomic E-state index is 0.144. The highest BCUT2D eigenvalue weighted by atomic mass is 32.1. The second-order valence-electron chi connectivity index (χ2n) is 10.2. The van der Waals surface area contributed by atoms with Crippen LogP contribution in [0.15, 0.2) is 47.4 Å². The minimum Gasteiger partial charge on any atom is -0.464 e. The molecule has 0 saturated carbocycles. The lowest BCUT2D eigenvalue weighted by molar-refractivity contribution is -0.167. The molecule has 2 aromatic rings. The van der Waals surface area contributed by atoms with Gasteiger partial charge in [0, 0.05) is 18.7 Å². The molecule has 0 radical (unpaired) electrons. The number of aromatic amines is 1. The largest absolute Gasteiger partial charge is 0.464 e. The standard InChI is InChI=1S/C24H36N3O9PS/c1-16(20(30)34-15-23(2,3)4)26-37(33,36-17-9-7-6-8-10-17)35-14-12-18(28)24(5,32)21(31)27-13-11-19(29)25-22(27)38/h6-11,13,16,18,21,28,31-32H,12,14-15H2,1-5H3,(H,26,33)(H,25,29,38)/t16-,18?,21+,24+,37+/m0/s1. The molecule has 5 atom stereocenters. The first-order valence-corrected chi connectivity index (χ1v) is 13.8. The molecule has 0 amide bonds. The van der Waals surface area contributed by atoms with E-state index in [1.54, 1.807) is 30.3 Å². The summed E-state index contributed by atoms with van der Waals surface area (Å²) in [5, 5.41) is 34.6. The molecule has 12 nitrogen and oxygen atoms in total. The Morgan fingerprint density at radius 2 is 1.82 bits per heavy atom. The highest BCUT2D eigenvalue weighted by Crippen LogP contribution is 2.45. The van der Waals surface area contributed by atoms with Gasteiger partial charge in [0.05, 0.1) is 19.3 Å². The molecular weight excluding hydrogens is 537 g/mol. The number of H-pyrrole nitrogens is 1. The Kier molecular flexibility index (Phi) is 11.0. The van der Waals surface area contributed by atoms with Crippen molar-refractivity contribution in [1.29, 1.82) is 0 Å². The maximum atomic E-state index is 13.6. The number of rotatable bonds is 13. The molecule has 0 aliphatic rings. The summed E-state index contributed by atoms with van der Waals surface area (Å²) in [7, 11) is -4.19. The number of benzene rings is 1. The molecule has 0 spiro atoms. The number of nitrogens with one attached hydrogen (secondary N) is 2. The first-order chi connectivity index (χ1) is 17.5. The van der Waals surface area contributed by atoms with Crippen LogP contribution in [-0.2, 0) is 18.6 Å². The summed E-state index contributed by atoms with van der Waals surface area (Å²) in [5.41, 5.74) is -2.92. The van der Waals surface area contributed by atoms with E-state index in [2.05, 4.69) is 10.1 Å². The Hall–Kier alpha value is -2.38. The Balaban J connectivity index is 2.11. The average molecular weight is 574 g/mol. The normalized spacial score (nSPS) is 17.5. The van der Waals surface area contributed by atoms with E-state index in [1.807, 2.05) is 20.8 Å². The SMILES string of the molecule is C[C@H](N[P@@](=O)(OCCC(O)[C@@](C)(O)[C@@H](O)n1ccc(=O)[nH]c1=S)Oc1ccccc1)C(=O)OCC(C)(C)C. The lowest BCUT2D eigenvalue weighted by Crippen LogP contribution is -2.48. The maximum Gasteiger partial charge on any atom is 0.459 e. The molecule has 5 N–H and O–H groups in total. The second-order valence-corrected chi connectivity index (χ2v) is 12.3. The number of nitrogens with zero attached hydrogens (tertiary/aromatic N) is 1. The van der Waals surface area contributed by atoms with Gasteiger partial charge in [0.2, 0.25) is 0 Å². The van der Waals surface area contributed by atoms with Crippen molar-refractivity contribution in [2.45, 2.75) is 65.0 Å². The number of carbonyl (C=O) groups excluding carboxylic acids is 1. The molecule has 1 heterocycles. The Labute approximate surface area is 226 Å². The van der Waals surface area contributed by atoms with Gasteiger partial charge in [-0.15, -0.1) is 0 Å². The van der Waals surface area contributed by atoms with Gasteiger partial charge in [-0.3, -0.25) is 23.7 Å². The van der Waals surface area contributed by atoms with Crippen molar-refractivity contribution >= 4 is 25.9 Å². The third-order valence-corrected chi connectivity index (χ3v) is 7.28. The van der Waals surface area contributed by atoms with Crippen LogP contribution in [0.1, 0.15) is 47.3 Å². The van der Waals surface area contributed by atoms with Crippen molar-refractivity contribution in [3.8, 4) is 5.75 Å². The lowest BCUT2D eigenvalue weighted by atomic mass is 9.94. The van der Waals surface area contributed by atoms with Crippen LogP contribution in [-0.4, -0.2) is 61.8 Å². The van der Waals surface area contributed by atoms with Crippen LogP contribution in [0.2, 0.25) is 0 Å². The fraction of sp³-hybridized carbons (Fsp3) is 0.542. The van der Waals surface area contributed by atoms with Crippen molar-refractivity contribution in [3.63, 3.8) is 0 Å². The van der Waals surface area contributed by atoms with E-state index in [9.17, 15) is 29.5 Å². The number of para-hydroxylation sites is 1. The zero-order chi connectivity index (χ0) is 28.7. The number of aliphatic hydroxyl groups is 3. The van der Waals surface area contributed by atoms with Crippen LogP contribution in [0.4, 0.5) is 0 Å². The minimum atomic E-state index is -4.19. The molecule has 14 heteroatoms. The van der Waals surface area contributed by atoms with Gasteiger partial charge >= 0.3 is 13.7 Å². The Morgan fingerprint density at radius 1 is 1.18 bits per heavy atom. The average Bonchev–Trinajstić information content (AvgIpc) is 2.82. The van der Waals surface area contributed by atoms with E-state index >= 15 is 0 Å². The van der Waals surface area contributed by atoms with Gasteiger partial charge in [0.25, 0.3) is 5.56 Å². The third kappa shape index (κ3) is 9.42. The first-order valence-electron chi connectivity index (χ1n) is 11.9. The molecule has 1 unspecified atom stereocenters. The number of carbonyl (C=O) groups is 1. The molecule has 212 valence electrons. The molecule has 38 heavy (non-hydrogen) atoms. The van der Waals surface area contributed by atoms with Crippen LogP contribution in [0.5, 0.6) is 5.75 Å². The van der Waals surface area contributed by atoms with E-state index in [1.165, 1.54) is 20.0 Å². The van der Waals surface area contributed by atoms with Crippen LogP contribution in [0.3, 0.4) is 0 Å². The number of aliphatic hydroxyl groups excluding tert-OH is 2. The highest BCUT2D eigenvalue weighted by Gasteiger charge is 2.40. The number of aromatic nitrogens is 2. The summed E-state index contributed by atoms with van der Waals surface area (Å²) in [6.45, 7) is 8.04. The van der Waals surface area contributed by atoms with E-state index in [0.717, 1.165) is 10.6 Å². The van der Waals surface area contributed by atoms with Gasteiger partial charge in [-0.25, -0.2) is 4.57 Å². The predicted octanol–water partition coefficient (Wildman–Crippen LogP) is 2.67. The number of hydrogen-bond acceptors (Lipinski definition) is 10. The monoisotopic (exact) mass is 573 g/mol. The van der Waals surface area contributed by atoms with Crippen LogP contribution >= 0.6 is 20.0 Å². The van der Waals surface area contributed by atoms with E-state index in [4.69, 9.17) is 26.0 Å². The second kappa shape index (κ2) is 13.1. The van der Waals surface area contributed by atoms with Gasteiger partial charge in [-0.1, -0.05) is 39.0 Å².